The lowest BCUT2D eigenvalue weighted by molar-refractivity contribution is -0.0835. The summed E-state index contributed by atoms with van der Waals surface area (Å²) in [6.45, 7) is 3.09. The monoisotopic (exact) mass is 288 g/mol. The number of likely N-dealkylation sites (N-methyl/N-ethyl adjacent to an activating group) is 1. The van der Waals surface area contributed by atoms with E-state index in [9.17, 15) is 0 Å². The summed E-state index contributed by atoms with van der Waals surface area (Å²) in [6.07, 6.45) is 5.44. The third kappa shape index (κ3) is 3.11. The van der Waals surface area contributed by atoms with E-state index in [2.05, 4.69) is 17.2 Å². The Hall–Kier alpha value is -1.39. The molecule has 1 aromatic heterocycles. The third-order valence-corrected chi connectivity index (χ3v) is 4.57. The largest absolute Gasteiger partial charge is 0.441 e. The number of aromatic nitrogens is 1. The Morgan fingerprint density at radius 2 is 2.19 bits per heavy atom. The first-order valence-corrected chi connectivity index (χ1v) is 7.88. The molecule has 0 radical (unpaired) electrons. The Labute approximate surface area is 125 Å². The summed E-state index contributed by atoms with van der Waals surface area (Å²) < 4.78 is 11.6. The lowest BCUT2D eigenvalue weighted by atomic mass is 9.75. The molecule has 1 N–H and O–H groups in total. The van der Waals surface area contributed by atoms with Crippen molar-refractivity contribution in [2.75, 3.05) is 13.7 Å². The van der Waals surface area contributed by atoms with Crippen LogP contribution in [0.3, 0.4) is 0 Å². The highest BCUT2D eigenvalue weighted by atomic mass is 16.5. The van der Waals surface area contributed by atoms with Gasteiger partial charge in [0.15, 0.2) is 11.5 Å². The van der Waals surface area contributed by atoms with Gasteiger partial charge in [-0.3, -0.25) is 0 Å². The highest BCUT2D eigenvalue weighted by Crippen LogP contribution is 2.39. The molecule has 1 saturated carbocycles. The molecule has 3 rings (SSSR count). The second-order valence-corrected chi connectivity index (χ2v) is 5.98. The van der Waals surface area contributed by atoms with E-state index in [4.69, 9.17) is 9.15 Å². The summed E-state index contributed by atoms with van der Waals surface area (Å²) in [7, 11) is 1.83. The van der Waals surface area contributed by atoms with Gasteiger partial charge in [0.05, 0.1) is 5.60 Å². The van der Waals surface area contributed by atoms with Gasteiger partial charge in [-0.15, -0.1) is 0 Å². The van der Waals surface area contributed by atoms with E-state index in [0.717, 1.165) is 36.4 Å². The Morgan fingerprint density at radius 1 is 1.38 bits per heavy atom. The lowest BCUT2D eigenvalue weighted by Crippen LogP contribution is -2.46. The molecule has 4 heteroatoms. The van der Waals surface area contributed by atoms with Crippen LogP contribution in [0.25, 0.3) is 11.1 Å². The summed E-state index contributed by atoms with van der Waals surface area (Å²) in [5.41, 5.74) is 1.87. The number of oxazole rings is 1. The van der Waals surface area contributed by atoms with E-state index in [1.54, 1.807) is 0 Å². The summed E-state index contributed by atoms with van der Waals surface area (Å²) in [5, 5.41) is 3.55. The van der Waals surface area contributed by atoms with Crippen molar-refractivity contribution >= 4 is 11.1 Å². The van der Waals surface area contributed by atoms with Crippen molar-refractivity contribution in [1.29, 1.82) is 0 Å². The van der Waals surface area contributed by atoms with Gasteiger partial charge in [0.25, 0.3) is 0 Å². The molecule has 1 aliphatic carbocycles. The lowest BCUT2D eigenvalue weighted by Gasteiger charge is -2.42. The number of para-hydroxylation sites is 2. The van der Waals surface area contributed by atoms with Crippen LogP contribution in [0.4, 0.5) is 0 Å². The predicted molar refractivity (Wildman–Crippen MR) is 83.4 cm³/mol. The van der Waals surface area contributed by atoms with Gasteiger partial charge in [-0.25, -0.2) is 4.98 Å². The molecule has 1 aliphatic rings. The fourth-order valence-electron chi connectivity index (χ4n) is 3.23. The summed E-state index contributed by atoms with van der Waals surface area (Å²) in [5.74, 6) is 0.813. The van der Waals surface area contributed by atoms with Crippen LogP contribution >= 0.6 is 0 Å². The van der Waals surface area contributed by atoms with Crippen molar-refractivity contribution in [1.82, 2.24) is 10.3 Å². The molecule has 0 amide bonds. The van der Waals surface area contributed by atoms with Crippen LogP contribution < -0.4 is 5.32 Å². The van der Waals surface area contributed by atoms with Crippen LogP contribution in [0.5, 0.6) is 0 Å². The molecular weight excluding hydrogens is 264 g/mol. The Kier molecular flexibility index (Phi) is 4.27. The number of hydrogen-bond acceptors (Lipinski definition) is 4. The average molecular weight is 288 g/mol. The number of benzene rings is 1. The SMILES string of the molecule is CCNC(Cc1nc2ccccc2o1)CC1(OC)CCC1. The van der Waals surface area contributed by atoms with Crippen LogP contribution in [0, 0.1) is 0 Å². The average Bonchev–Trinajstić information content (AvgIpc) is 2.85. The number of rotatable bonds is 7. The smallest absolute Gasteiger partial charge is 0.197 e. The zero-order valence-electron chi connectivity index (χ0n) is 12.9. The number of nitrogens with one attached hydrogen (secondary N) is 1. The van der Waals surface area contributed by atoms with Crippen LogP contribution in [0.2, 0.25) is 0 Å². The van der Waals surface area contributed by atoms with Gasteiger partial charge in [-0.1, -0.05) is 19.1 Å². The fraction of sp³-hybridized carbons (Fsp3) is 0.588. The fourth-order valence-corrected chi connectivity index (χ4v) is 3.23. The molecule has 0 saturated heterocycles. The molecule has 1 aromatic carbocycles. The molecule has 0 bridgehead atoms. The van der Waals surface area contributed by atoms with Gasteiger partial charge < -0.3 is 14.5 Å². The standard InChI is InChI=1S/C17H24N2O2/c1-3-18-13(12-17(20-2)9-6-10-17)11-16-19-14-7-4-5-8-15(14)21-16/h4-5,7-8,13,18H,3,6,9-12H2,1-2H3. The Bertz CT molecular complexity index is 551. The van der Waals surface area contributed by atoms with Crippen LogP contribution in [0.1, 0.15) is 38.5 Å². The molecule has 0 aliphatic heterocycles. The molecule has 21 heavy (non-hydrogen) atoms. The minimum absolute atomic E-state index is 0.0683. The number of methoxy groups -OCH3 is 1. The first-order chi connectivity index (χ1) is 10.2. The van der Waals surface area contributed by atoms with Gasteiger partial charge in [0.1, 0.15) is 5.52 Å². The van der Waals surface area contributed by atoms with Crippen molar-refractivity contribution in [2.24, 2.45) is 0 Å². The maximum atomic E-state index is 5.85. The van der Waals surface area contributed by atoms with Crippen LogP contribution in [-0.4, -0.2) is 30.3 Å². The quantitative estimate of drug-likeness (QED) is 0.849. The minimum Gasteiger partial charge on any atom is -0.441 e. The molecule has 0 spiro atoms. The highest BCUT2D eigenvalue weighted by molar-refractivity contribution is 5.72. The summed E-state index contributed by atoms with van der Waals surface area (Å²) in [6, 6.07) is 8.28. The third-order valence-electron chi connectivity index (χ3n) is 4.57. The number of fused-ring (bicyclic) bond motifs is 1. The molecular formula is C17H24N2O2. The molecule has 1 unspecified atom stereocenters. The molecule has 1 atom stereocenters. The van der Waals surface area contributed by atoms with E-state index >= 15 is 0 Å². The van der Waals surface area contributed by atoms with Crippen molar-refractivity contribution in [3.8, 4) is 0 Å². The summed E-state index contributed by atoms with van der Waals surface area (Å²) >= 11 is 0. The summed E-state index contributed by atoms with van der Waals surface area (Å²) in [4.78, 5) is 4.59. The zero-order valence-corrected chi connectivity index (χ0v) is 12.9. The van der Waals surface area contributed by atoms with E-state index < -0.39 is 0 Å². The second kappa shape index (κ2) is 6.16. The first kappa shape index (κ1) is 14.5. The number of ether oxygens (including phenoxy) is 1. The Morgan fingerprint density at radius 3 is 2.81 bits per heavy atom. The van der Waals surface area contributed by atoms with E-state index in [-0.39, 0.29) is 5.60 Å². The number of hydrogen-bond donors (Lipinski definition) is 1. The van der Waals surface area contributed by atoms with E-state index in [1.807, 2.05) is 31.4 Å². The predicted octanol–water partition coefficient (Wildman–Crippen LogP) is 3.31. The van der Waals surface area contributed by atoms with Crippen LogP contribution in [-0.2, 0) is 11.2 Å². The van der Waals surface area contributed by atoms with E-state index in [0.29, 0.717) is 6.04 Å². The van der Waals surface area contributed by atoms with Gasteiger partial charge >= 0.3 is 0 Å². The van der Waals surface area contributed by atoms with Gasteiger partial charge in [-0.05, 0) is 44.4 Å². The van der Waals surface area contributed by atoms with E-state index in [1.165, 1.54) is 19.3 Å². The number of nitrogens with zero attached hydrogens (tertiary/aromatic N) is 1. The second-order valence-electron chi connectivity index (χ2n) is 5.98. The van der Waals surface area contributed by atoms with Gasteiger partial charge in [0.2, 0.25) is 0 Å². The topological polar surface area (TPSA) is 47.3 Å². The Balaban J connectivity index is 1.72. The zero-order chi connectivity index (χ0) is 14.7. The molecule has 2 aromatic rings. The van der Waals surface area contributed by atoms with Crippen molar-refractivity contribution in [3.63, 3.8) is 0 Å². The van der Waals surface area contributed by atoms with Gasteiger partial charge in [-0.2, -0.15) is 0 Å². The van der Waals surface area contributed by atoms with Crippen LogP contribution in [0.15, 0.2) is 28.7 Å². The van der Waals surface area contributed by atoms with Crippen molar-refractivity contribution < 1.29 is 9.15 Å². The molecule has 4 nitrogen and oxygen atoms in total. The molecule has 114 valence electrons. The maximum Gasteiger partial charge on any atom is 0.197 e. The minimum atomic E-state index is 0.0683. The normalized spacial score (nSPS) is 18.6. The van der Waals surface area contributed by atoms with Crippen molar-refractivity contribution in [2.45, 2.75) is 50.7 Å². The molecule has 1 fully saturated rings. The first-order valence-electron chi connectivity index (χ1n) is 7.88. The van der Waals surface area contributed by atoms with Gasteiger partial charge in [0, 0.05) is 19.6 Å². The maximum absolute atomic E-state index is 5.85. The highest BCUT2D eigenvalue weighted by Gasteiger charge is 2.39. The van der Waals surface area contributed by atoms with Crippen molar-refractivity contribution in [3.05, 3.63) is 30.2 Å². The molecule has 1 heterocycles.